The summed E-state index contributed by atoms with van der Waals surface area (Å²) in [6, 6.07) is 6.24. The lowest BCUT2D eigenvalue weighted by Crippen LogP contribution is -2.08. The lowest BCUT2D eigenvalue weighted by molar-refractivity contribution is -0.137. The van der Waals surface area contributed by atoms with Crippen LogP contribution in [0.2, 0.25) is 0 Å². The summed E-state index contributed by atoms with van der Waals surface area (Å²) in [5.41, 5.74) is 5.38. The highest BCUT2D eigenvalue weighted by Gasteiger charge is 2.31. The second-order valence-electron chi connectivity index (χ2n) is 4.10. The predicted octanol–water partition coefficient (Wildman–Crippen LogP) is 2.99. The van der Waals surface area contributed by atoms with Gasteiger partial charge in [-0.05, 0) is 35.9 Å². The molecule has 106 valence electrons. The van der Waals surface area contributed by atoms with E-state index in [0.29, 0.717) is 0 Å². The van der Waals surface area contributed by atoms with Gasteiger partial charge in [0.05, 0.1) is 27.0 Å². The molecule has 0 radical (unpaired) electrons. The van der Waals surface area contributed by atoms with Crippen molar-refractivity contribution in [2.75, 3.05) is 5.73 Å². The maximum atomic E-state index is 12.5. The number of alkyl halides is 3. The van der Waals surface area contributed by atoms with E-state index in [1.165, 1.54) is 0 Å². The molecule has 2 rings (SSSR count). The van der Waals surface area contributed by atoms with E-state index in [1.54, 1.807) is 24.5 Å². The van der Waals surface area contributed by atoms with Crippen LogP contribution in [0.5, 0.6) is 0 Å². The second-order valence-corrected chi connectivity index (χ2v) is 5.52. The molecule has 0 fully saturated rings. The van der Waals surface area contributed by atoms with Crippen LogP contribution in [0.4, 0.5) is 18.9 Å². The van der Waals surface area contributed by atoms with Gasteiger partial charge in [-0.15, -0.1) is 0 Å². The van der Waals surface area contributed by atoms with Gasteiger partial charge in [-0.25, -0.2) is 0 Å². The van der Waals surface area contributed by atoms with Crippen molar-refractivity contribution < 1.29 is 17.4 Å². The molecule has 0 saturated carbocycles. The van der Waals surface area contributed by atoms with Crippen LogP contribution in [0, 0.1) is 0 Å². The summed E-state index contributed by atoms with van der Waals surface area (Å²) in [5, 5.41) is 0. The summed E-state index contributed by atoms with van der Waals surface area (Å²) in [6.45, 7) is 0. The van der Waals surface area contributed by atoms with Crippen molar-refractivity contribution in [1.82, 2.24) is 4.98 Å². The Morgan fingerprint density at radius 2 is 1.80 bits per heavy atom. The Kier molecular flexibility index (Phi) is 4.08. The maximum absolute atomic E-state index is 12.5. The zero-order chi connectivity index (χ0) is 14.8. The van der Waals surface area contributed by atoms with Gasteiger partial charge in [0.15, 0.2) is 0 Å². The average molecular weight is 300 g/mol. The number of rotatable bonds is 3. The molecule has 0 bridgehead atoms. The number of hydrogen-bond donors (Lipinski definition) is 1. The Morgan fingerprint density at radius 1 is 1.15 bits per heavy atom. The molecule has 1 aromatic carbocycles. The Morgan fingerprint density at radius 3 is 2.35 bits per heavy atom. The van der Waals surface area contributed by atoms with Gasteiger partial charge in [0.25, 0.3) is 0 Å². The molecule has 0 aliphatic rings. The third-order valence-electron chi connectivity index (χ3n) is 2.63. The third kappa shape index (κ3) is 3.36. The molecule has 1 heterocycles. The standard InChI is InChI=1S/C13H11F3N2OS/c14-13(15,16)10-1-2-12(11(17)7-10)20(19)8-9-3-5-18-6-4-9/h1-7H,8,17H2. The number of nitrogens with zero attached hydrogens (tertiary/aromatic N) is 1. The first-order valence-electron chi connectivity index (χ1n) is 5.62. The molecule has 1 atom stereocenters. The minimum atomic E-state index is -4.46. The number of hydrogen-bond acceptors (Lipinski definition) is 3. The minimum absolute atomic E-state index is 0.118. The number of nitrogens with two attached hydrogens (primary N) is 1. The molecular weight excluding hydrogens is 289 g/mol. The number of anilines is 1. The van der Waals surface area contributed by atoms with Gasteiger partial charge < -0.3 is 5.73 Å². The summed E-state index contributed by atoms with van der Waals surface area (Å²) in [6.07, 6.45) is -1.34. The predicted molar refractivity (Wildman–Crippen MR) is 70.2 cm³/mol. The molecule has 2 N–H and O–H groups in total. The maximum Gasteiger partial charge on any atom is 0.416 e. The quantitative estimate of drug-likeness (QED) is 0.887. The van der Waals surface area contributed by atoms with Crippen molar-refractivity contribution in [3.05, 3.63) is 53.9 Å². The van der Waals surface area contributed by atoms with Crippen molar-refractivity contribution in [3.63, 3.8) is 0 Å². The molecule has 1 aromatic heterocycles. The van der Waals surface area contributed by atoms with Crippen molar-refractivity contribution in [1.29, 1.82) is 0 Å². The number of nitrogen functional groups attached to an aromatic ring is 1. The Labute approximate surface area is 116 Å². The van der Waals surface area contributed by atoms with E-state index in [4.69, 9.17) is 5.73 Å². The lowest BCUT2D eigenvalue weighted by atomic mass is 10.2. The van der Waals surface area contributed by atoms with Crippen LogP contribution in [0.3, 0.4) is 0 Å². The molecule has 3 nitrogen and oxygen atoms in total. The first-order chi connectivity index (χ1) is 9.38. The number of pyridine rings is 1. The number of aromatic nitrogens is 1. The fourth-order valence-corrected chi connectivity index (χ4v) is 2.83. The lowest BCUT2D eigenvalue weighted by Gasteiger charge is -2.10. The zero-order valence-corrected chi connectivity index (χ0v) is 11.0. The van der Waals surface area contributed by atoms with Crippen LogP contribution in [-0.4, -0.2) is 9.19 Å². The van der Waals surface area contributed by atoms with Crippen LogP contribution in [0.1, 0.15) is 11.1 Å². The molecule has 2 aromatic rings. The minimum Gasteiger partial charge on any atom is -0.398 e. The number of benzene rings is 1. The highest BCUT2D eigenvalue weighted by Crippen LogP contribution is 2.32. The molecular formula is C13H11F3N2OS. The van der Waals surface area contributed by atoms with E-state index in [1.807, 2.05) is 0 Å². The monoisotopic (exact) mass is 300 g/mol. The van der Waals surface area contributed by atoms with Gasteiger partial charge in [-0.2, -0.15) is 13.2 Å². The fourth-order valence-electron chi connectivity index (χ4n) is 1.64. The second kappa shape index (κ2) is 5.62. The molecule has 7 heteroatoms. The van der Waals surface area contributed by atoms with Crippen molar-refractivity contribution in [3.8, 4) is 0 Å². The van der Waals surface area contributed by atoms with E-state index < -0.39 is 22.5 Å². The highest BCUT2D eigenvalue weighted by molar-refractivity contribution is 7.84. The van der Waals surface area contributed by atoms with Gasteiger partial charge >= 0.3 is 6.18 Å². The van der Waals surface area contributed by atoms with Crippen molar-refractivity contribution in [2.24, 2.45) is 0 Å². The van der Waals surface area contributed by atoms with Gasteiger partial charge in [-0.1, -0.05) is 0 Å². The fraction of sp³-hybridized carbons (Fsp3) is 0.154. The summed E-state index contributed by atoms with van der Waals surface area (Å²) < 4.78 is 49.7. The molecule has 0 amide bonds. The summed E-state index contributed by atoms with van der Waals surface area (Å²) in [4.78, 5) is 4.04. The van der Waals surface area contributed by atoms with E-state index >= 15 is 0 Å². The molecule has 1 unspecified atom stereocenters. The summed E-state index contributed by atoms with van der Waals surface area (Å²) in [5.74, 6) is 0.179. The van der Waals surface area contributed by atoms with Gasteiger partial charge in [-0.3, -0.25) is 9.19 Å². The van der Waals surface area contributed by atoms with E-state index in [9.17, 15) is 17.4 Å². The van der Waals surface area contributed by atoms with E-state index in [2.05, 4.69) is 4.98 Å². The van der Waals surface area contributed by atoms with Gasteiger partial charge in [0.1, 0.15) is 0 Å². The number of halogens is 3. The van der Waals surface area contributed by atoms with Crippen LogP contribution in [0.15, 0.2) is 47.6 Å². The van der Waals surface area contributed by atoms with Gasteiger partial charge in [0, 0.05) is 18.1 Å². The van der Waals surface area contributed by atoms with E-state index in [-0.39, 0.29) is 16.3 Å². The van der Waals surface area contributed by atoms with Crippen LogP contribution >= 0.6 is 0 Å². The topological polar surface area (TPSA) is 56.0 Å². The molecule has 0 saturated heterocycles. The van der Waals surface area contributed by atoms with Crippen molar-refractivity contribution >= 4 is 16.5 Å². The normalized spacial score (nSPS) is 13.2. The first kappa shape index (κ1) is 14.5. The Balaban J connectivity index is 2.23. The SMILES string of the molecule is Nc1cc(C(F)(F)F)ccc1S(=O)Cc1ccncc1. The zero-order valence-electron chi connectivity index (χ0n) is 10.2. The van der Waals surface area contributed by atoms with Crippen LogP contribution < -0.4 is 5.73 Å². The summed E-state index contributed by atoms with van der Waals surface area (Å²) >= 11 is 0. The first-order valence-corrected chi connectivity index (χ1v) is 6.94. The Hall–Kier alpha value is -1.89. The van der Waals surface area contributed by atoms with Crippen LogP contribution in [-0.2, 0) is 22.7 Å². The molecule has 20 heavy (non-hydrogen) atoms. The largest absolute Gasteiger partial charge is 0.416 e. The third-order valence-corrected chi connectivity index (χ3v) is 4.09. The van der Waals surface area contributed by atoms with Crippen LogP contribution in [0.25, 0.3) is 0 Å². The summed E-state index contributed by atoms with van der Waals surface area (Å²) in [7, 11) is -1.50. The van der Waals surface area contributed by atoms with Crippen molar-refractivity contribution in [2.45, 2.75) is 16.8 Å². The molecule has 0 aliphatic heterocycles. The van der Waals surface area contributed by atoms with E-state index in [0.717, 1.165) is 23.8 Å². The Bertz CT molecular complexity index is 629. The average Bonchev–Trinajstić information content (AvgIpc) is 2.38. The van der Waals surface area contributed by atoms with Gasteiger partial charge in [0.2, 0.25) is 0 Å². The smallest absolute Gasteiger partial charge is 0.398 e. The molecule has 0 spiro atoms. The molecule has 0 aliphatic carbocycles. The highest BCUT2D eigenvalue weighted by atomic mass is 32.2.